The molecule has 1 aromatic heterocycles. The van der Waals surface area contributed by atoms with Crippen molar-refractivity contribution in [2.24, 2.45) is 0 Å². The highest BCUT2D eigenvalue weighted by atomic mass is 32.7. The van der Waals surface area contributed by atoms with Crippen LogP contribution in [0.3, 0.4) is 0 Å². The van der Waals surface area contributed by atoms with E-state index in [2.05, 4.69) is 4.98 Å². The van der Waals surface area contributed by atoms with Crippen LogP contribution < -0.4 is 11.2 Å². The summed E-state index contributed by atoms with van der Waals surface area (Å²) in [6.45, 7) is -2.32. The van der Waals surface area contributed by atoms with Crippen LogP contribution in [0.15, 0.2) is 15.8 Å². The predicted molar refractivity (Wildman–Crippen MR) is 87.7 cm³/mol. The monoisotopic (exact) mass is 375 g/mol. The van der Waals surface area contributed by atoms with E-state index < -0.39 is 30.4 Å². The highest BCUT2D eigenvalue weighted by molar-refractivity contribution is 8.54. The van der Waals surface area contributed by atoms with Crippen LogP contribution in [-0.4, -0.2) is 32.9 Å². The van der Waals surface area contributed by atoms with Gasteiger partial charge in [-0.15, -0.1) is 0 Å². The Labute approximate surface area is 141 Å². The van der Waals surface area contributed by atoms with E-state index in [-0.39, 0.29) is 18.8 Å². The van der Waals surface area contributed by atoms with Gasteiger partial charge in [-0.05, 0) is 31.1 Å². The number of hydrogen-bond donors (Lipinski definition) is 2. The van der Waals surface area contributed by atoms with E-state index in [0.29, 0.717) is 29.8 Å². The number of hydrogen-bond acceptors (Lipinski definition) is 7. The van der Waals surface area contributed by atoms with Gasteiger partial charge in [-0.25, -0.2) is 9.36 Å². The van der Waals surface area contributed by atoms with Gasteiger partial charge in [-0.3, -0.25) is 18.9 Å². The van der Waals surface area contributed by atoms with Crippen molar-refractivity contribution in [3.05, 3.63) is 32.6 Å². The summed E-state index contributed by atoms with van der Waals surface area (Å²) in [6, 6.07) is 1.88. The van der Waals surface area contributed by atoms with E-state index in [0.717, 1.165) is 0 Å². The third kappa shape index (κ3) is 5.06. The molecule has 0 aliphatic carbocycles. The van der Waals surface area contributed by atoms with Crippen LogP contribution in [0.4, 0.5) is 0 Å². The third-order valence-corrected chi connectivity index (χ3v) is 6.46. The van der Waals surface area contributed by atoms with Gasteiger partial charge in [0, 0.05) is 23.9 Å². The van der Waals surface area contributed by atoms with Crippen molar-refractivity contribution in [3.8, 4) is 6.07 Å². The van der Waals surface area contributed by atoms with Gasteiger partial charge in [0.25, 0.3) is 5.56 Å². The summed E-state index contributed by atoms with van der Waals surface area (Å²) in [5, 5.41) is 8.42. The molecular weight excluding hydrogens is 357 g/mol. The normalized spacial score (nSPS) is 22.9. The zero-order valence-corrected chi connectivity index (χ0v) is 14.7. The maximum atomic E-state index is 11.8. The van der Waals surface area contributed by atoms with Crippen molar-refractivity contribution in [2.45, 2.75) is 38.5 Å². The first-order valence-electron chi connectivity index (χ1n) is 7.29. The molecule has 2 heterocycles. The van der Waals surface area contributed by atoms with E-state index in [1.54, 1.807) is 6.92 Å². The van der Waals surface area contributed by atoms with Crippen molar-refractivity contribution in [2.75, 3.05) is 12.4 Å². The predicted octanol–water partition coefficient (Wildman–Crippen LogP) is 1.29. The van der Waals surface area contributed by atoms with Gasteiger partial charge in [0.2, 0.25) is 0 Å². The van der Waals surface area contributed by atoms with Crippen molar-refractivity contribution >= 4 is 18.2 Å². The number of aromatic nitrogens is 2. The molecule has 2 N–H and O–H groups in total. The average molecular weight is 375 g/mol. The van der Waals surface area contributed by atoms with E-state index in [9.17, 15) is 19.0 Å². The molecule has 1 aliphatic rings. The van der Waals surface area contributed by atoms with E-state index in [4.69, 9.17) is 14.5 Å². The van der Waals surface area contributed by atoms with Crippen LogP contribution in [0.2, 0.25) is 0 Å². The lowest BCUT2D eigenvalue weighted by Crippen LogP contribution is -2.33. The largest absolute Gasteiger partial charge is 0.386 e. The highest BCUT2D eigenvalue weighted by Crippen LogP contribution is 2.56. The maximum absolute atomic E-state index is 11.8. The third-order valence-electron chi connectivity index (χ3n) is 3.43. The lowest BCUT2D eigenvalue weighted by atomic mass is 10.2. The first-order valence-corrected chi connectivity index (χ1v) is 10.5. The lowest BCUT2D eigenvalue weighted by molar-refractivity contribution is -0.0207. The Kier molecular flexibility index (Phi) is 6.43. The molecule has 1 saturated heterocycles. The second kappa shape index (κ2) is 8.14. The molecule has 1 aromatic rings. The number of aryl methyl sites for hydroxylation is 1. The summed E-state index contributed by atoms with van der Waals surface area (Å²) in [6.07, 6.45) is 1.70. The van der Waals surface area contributed by atoms with Crippen LogP contribution >= 0.6 is 18.2 Å². The molecule has 0 radical (unpaired) electrons. The average Bonchev–Trinajstić information content (AvgIpc) is 2.98. The van der Waals surface area contributed by atoms with Crippen LogP contribution in [0, 0.1) is 18.3 Å². The SMILES string of the molecule is Cc1cn([C@H]2CC[C@@H](COP(=O)(O)SCCC#N)O2)c(=O)[nH]c1=O. The Morgan fingerprint density at radius 2 is 2.33 bits per heavy atom. The Morgan fingerprint density at radius 3 is 3.04 bits per heavy atom. The second-order valence-corrected chi connectivity index (χ2v) is 9.30. The van der Waals surface area contributed by atoms with Gasteiger partial charge >= 0.3 is 12.5 Å². The van der Waals surface area contributed by atoms with Crippen LogP contribution in [-0.2, 0) is 13.8 Å². The number of H-pyrrole nitrogens is 1. The smallest absolute Gasteiger partial charge is 0.352 e. The molecule has 0 aromatic carbocycles. The minimum atomic E-state index is -3.82. The molecule has 0 amide bonds. The van der Waals surface area contributed by atoms with Crippen molar-refractivity contribution in [3.63, 3.8) is 0 Å². The summed E-state index contributed by atoms with van der Waals surface area (Å²) in [5.74, 6) is 0.213. The zero-order valence-electron chi connectivity index (χ0n) is 13.0. The van der Waals surface area contributed by atoms with Crippen molar-refractivity contribution < 1.29 is 18.7 Å². The van der Waals surface area contributed by atoms with Crippen LogP contribution in [0.1, 0.15) is 31.1 Å². The van der Waals surface area contributed by atoms with Gasteiger partial charge in [-0.2, -0.15) is 5.26 Å². The molecule has 3 atom stereocenters. The fraction of sp³-hybridized carbons (Fsp3) is 0.615. The number of nitrogens with one attached hydrogen (secondary N) is 1. The first kappa shape index (κ1) is 19.0. The van der Waals surface area contributed by atoms with E-state index in [1.807, 2.05) is 6.07 Å². The van der Waals surface area contributed by atoms with Gasteiger partial charge in [0.15, 0.2) is 0 Å². The molecule has 132 valence electrons. The first-order chi connectivity index (χ1) is 11.3. The Bertz CT molecular complexity index is 785. The number of rotatable bonds is 7. The molecule has 2 rings (SSSR count). The van der Waals surface area contributed by atoms with Gasteiger partial charge in [0.1, 0.15) is 6.23 Å². The topological polar surface area (TPSA) is 134 Å². The Hall–Kier alpha value is -1.37. The van der Waals surface area contributed by atoms with E-state index in [1.165, 1.54) is 10.8 Å². The molecular formula is C13H18N3O6PS. The molecule has 0 bridgehead atoms. The van der Waals surface area contributed by atoms with Crippen molar-refractivity contribution in [1.82, 2.24) is 9.55 Å². The Morgan fingerprint density at radius 1 is 1.58 bits per heavy atom. The van der Waals surface area contributed by atoms with Crippen LogP contribution in [0.25, 0.3) is 0 Å². The summed E-state index contributed by atoms with van der Waals surface area (Å²) in [5.41, 5.74) is -0.603. The standard InChI is InChI=1S/C13H18N3O6PS/c1-9-7-16(13(18)15-12(9)17)11-4-3-10(22-11)8-21-23(19,20)24-6-2-5-14/h7,10-11H,2-4,6,8H2,1H3,(H,19,20)(H,15,17,18)/t10-,11+/m0/s1. The van der Waals surface area contributed by atoms with Crippen LogP contribution in [0.5, 0.6) is 0 Å². The van der Waals surface area contributed by atoms with Gasteiger partial charge < -0.3 is 9.63 Å². The second-order valence-electron chi connectivity index (χ2n) is 5.27. The molecule has 0 saturated carbocycles. The minimum Gasteiger partial charge on any atom is -0.352 e. The molecule has 1 fully saturated rings. The number of aromatic amines is 1. The summed E-state index contributed by atoms with van der Waals surface area (Å²) < 4.78 is 23.8. The molecule has 1 unspecified atom stereocenters. The summed E-state index contributed by atoms with van der Waals surface area (Å²) in [4.78, 5) is 35.1. The number of nitrogens with zero attached hydrogens (tertiary/aromatic N) is 2. The molecule has 24 heavy (non-hydrogen) atoms. The summed E-state index contributed by atoms with van der Waals surface area (Å²) in [7, 11) is 0. The maximum Gasteiger partial charge on any atom is 0.386 e. The zero-order chi connectivity index (χ0) is 17.7. The highest BCUT2D eigenvalue weighted by Gasteiger charge is 2.30. The molecule has 11 heteroatoms. The minimum absolute atomic E-state index is 0.0824. The fourth-order valence-electron chi connectivity index (χ4n) is 2.24. The van der Waals surface area contributed by atoms with Crippen molar-refractivity contribution in [1.29, 1.82) is 5.26 Å². The molecule has 9 nitrogen and oxygen atoms in total. The number of nitriles is 1. The van der Waals surface area contributed by atoms with Gasteiger partial charge in [-0.1, -0.05) is 0 Å². The van der Waals surface area contributed by atoms with Gasteiger partial charge in [0.05, 0.1) is 18.8 Å². The lowest BCUT2D eigenvalue weighted by Gasteiger charge is -2.17. The molecule has 0 spiro atoms. The quantitative estimate of drug-likeness (QED) is 0.538. The Balaban J connectivity index is 1.91. The fourth-order valence-corrected chi connectivity index (χ4v) is 4.45. The molecule has 1 aliphatic heterocycles. The number of ether oxygens (including phenoxy) is 1. The summed E-state index contributed by atoms with van der Waals surface area (Å²) >= 11 is 0.706. The van der Waals surface area contributed by atoms with E-state index >= 15 is 0 Å².